The summed E-state index contributed by atoms with van der Waals surface area (Å²) in [7, 11) is 2.14. The van der Waals surface area contributed by atoms with E-state index in [-0.39, 0.29) is 5.91 Å². The highest BCUT2D eigenvalue weighted by Gasteiger charge is 2.26. The number of pyridine rings is 1. The zero-order valence-electron chi connectivity index (χ0n) is 14.5. The number of hydrogen-bond donors (Lipinski definition) is 2. The normalized spacial score (nSPS) is 18.5. The van der Waals surface area contributed by atoms with Gasteiger partial charge in [0.2, 0.25) is 5.91 Å². The molecule has 3 N–H and O–H groups in total. The van der Waals surface area contributed by atoms with Crippen molar-refractivity contribution in [3.63, 3.8) is 0 Å². The van der Waals surface area contributed by atoms with E-state index in [1.807, 2.05) is 25.3 Å². The van der Waals surface area contributed by atoms with E-state index >= 15 is 0 Å². The number of hydrogen-bond acceptors (Lipinski definition) is 5. The van der Waals surface area contributed by atoms with Gasteiger partial charge in [0, 0.05) is 38.9 Å². The van der Waals surface area contributed by atoms with Crippen molar-refractivity contribution in [2.24, 2.45) is 5.73 Å². The molecule has 1 amide bonds. The average molecular weight is 319 g/mol. The van der Waals surface area contributed by atoms with Gasteiger partial charge in [-0.25, -0.2) is 4.98 Å². The maximum absolute atomic E-state index is 12.1. The smallest absolute Gasteiger partial charge is 0.240 e. The highest BCUT2D eigenvalue weighted by atomic mass is 16.2. The van der Waals surface area contributed by atoms with E-state index in [0.29, 0.717) is 13.0 Å². The number of piperazine rings is 1. The lowest BCUT2D eigenvalue weighted by Crippen LogP contribution is -2.51. The van der Waals surface area contributed by atoms with Crippen LogP contribution >= 0.6 is 0 Å². The largest absolute Gasteiger partial charge is 0.354 e. The third-order valence-electron chi connectivity index (χ3n) is 4.38. The van der Waals surface area contributed by atoms with Crippen LogP contribution in [0.4, 0.5) is 5.82 Å². The summed E-state index contributed by atoms with van der Waals surface area (Å²) in [5.74, 6) is 0.894. The van der Waals surface area contributed by atoms with Crippen LogP contribution in [0.25, 0.3) is 0 Å². The summed E-state index contributed by atoms with van der Waals surface area (Å²) in [6.07, 6.45) is 3.41. The standard InChI is InChI=1S/C17H29N5O/c1-4-7-17(2,18)16(23)20-13-14-5-6-15(19-12-14)22-10-8-21(3)9-11-22/h5-6,12H,4,7-11,13,18H2,1-3H3,(H,20,23). The molecule has 0 spiro atoms. The zero-order valence-corrected chi connectivity index (χ0v) is 14.5. The molecule has 0 saturated carbocycles. The number of nitrogens with zero attached hydrogens (tertiary/aromatic N) is 3. The first-order valence-electron chi connectivity index (χ1n) is 8.38. The summed E-state index contributed by atoms with van der Waals surface area (Å²) in [6.45, 7) is 8.40. The Hall–Kier alpha value is -1.66. The maximum Gasteiger partial charge on any atom is 0.240 e. The molecule has 1 aromatic heterocycles. The van der Waals surface area contributed by atoms with Gasteiger partial charge in [-0.3, -0.25) is 4.79 Å². The molecule has 0 aromatic carbocycles. The van der Waals surface area contributed by atoms with Gasteiger partial charge < -0.3 is 20.9 Å². The highest BCUT2D eigenvalue weighted by molar-refractivity contribution is 5.85. The van der Waals surface area contributed by atoms with E-state index in [2.05, 4.69) is 27.1 Å². The molecule has 1 fully saturated rings. The zero-order chi connectivity index (χ0) is 16.9. The molecule has 1 aliphatic rings. The van der Waals surface area contributed by atoms with Crippen LogP contribution in [0.3, 0.4) is 0 Å². The molecule has 0 bridgehead atoms. The van der Waals surface area contributed by atoms with Crippen molar-refractivity contribution in [3.05, 3.63) is 23.9 Å². The fourth-order valence-electron chi connectivity index (χ4n) is 2.76. The van der Waals surface area contributed by atoms with Crippen LogP contribution in [0.1, 0.15) is 32.3 Å². The van der Waals surface area contributed by atoms with Gasteiger partial charge in [-0.1, -0.05) is 19.4 Å². The van der Waals surface area contributed by atoms with Crippen LogP contribution < -0.4 is 16.0 Å². The van der Waals surface area contributed by atoms with Crippen LogP contribution in [-0.4, -0.2) is 54.6 Å². The van der Waals surface area contributed by atoms with Crippen molar-refractivity contribution >= 4 is 11.7 Å². The van der Waals surface area contributed by atoms with Crippen LogP contribution in [0.2, 0.25) is 0 Å². The number of anilines is 1. The number of nitrogens with two attached hydrogens (primary N) is 1. The van der Waals surface area contributed by atoms with Gasteiger partial charge in [-0.15, -0.1) is 0 Å². The fourth-order valence-corrected chi connectivity index (χ4v) is 2.76. The van der Waals surface area contributed by atoms with E-state index in [1.165, 1.54) is 0 Å². The molecule has 1 aromatic rings. The monoisotopic (exact) mass is 319 g/mol. The predicted molar refractivity (Wildman–Crippen MR) is 93.3 cm³/mol. The fraction of sp³-hybridized carbons (Fsp3) is 0.647. The number of aromatic nitrogens is 1. The second-order valence-electron chi connectivity index (χ2n) is 6.67. The third-order valence-corrected chi connectivity index (χ3v) is 4.38. The van der Waals surface area contributed by atoms with Gasteiger partial charge in [-0.2, -0.15) is 0 Å². The lowest BCUT2D eigenvalue weighted by atomic mass is 9.96. The molecule has 128 valence electrons. The number of nitrogens with one attached hydrogen (secondary N) is 1. The molecule has 1 aliphatic heterocycles. The maximum atomic E-state index is 12.1. The first-order chi connectivity index (χ1) is 10.9. The van der Waals surface area contributed by atoms with E-state index in [9.17, 15) is 4.79 Å². The van der Waals surface area contributed by atoms with Gasteiger partial charge >= 0.3 is 0 Å². The molecule has 2 rings (SSSR count). The van der Waals surface area contributed by atoms with Crippen LogP contribution in [-0.2, 0) is 11.3 Å². The first kappa shape index (κ1) is 17.7. The Morgan fingerprint density at radius 2 is 2.04 bits per heavy atom. The van der Waals surface area contributed by atoms with E-state index in [1.54, 1.807) is 6.92 Å². The van der Waals surface area contributed by atoms with Crippen molar-refractivity contribution in [2.75, 3.05) is 38.1 Å². The molecule has 2 heterocycles. The number of carbonyl (C=O) groups excluding carboxylic acids is 1. The lowest BCUT2D eigenvalue weighted by molar-refractivity contribution is -0.126. The van der Waals surface area contributed by atoms with Crippen LogP contribution in [0, 0.1) is 0 Å². The van der Waals surface area contributed by atoms with Gasteiger partial charge in [0.15, 0.2) is 0 Å². The highest BCUT2D eigenvalue weighted by Crippen LogP contribution is 2.14. The Balaban J connectivity index is 1.87. The van der Waals surface area contributed by atoms with Gasteiger partial charge in [0.1, 0.15) is 5.82 Å². The third kappa shape index (κ3) is 4.91. The molecular formula is C17H29N5O. The number of rotatable bonds is 6. The Morgan fingerprint density at radius 1 is 1.35 bits per heavy atom. The van der Waals surface area contributed by atoms with Gasteiger partial charge in [-0.05, 0) is 32.0 Å². The van der Waals surface area contributed by atoms with Crippen molar-refractivity contribution in [1.29, 1.82) is 0 Å². The van der Waals surface area contributed by atoms with E-state index in [0.717, 1.165) is 44.0 Å². The van der Waals surface area contributed by atoms with E-state index < -0.39 is 5.54 Å². The van der Waals surface area contributed by atoms with E-state index in [4.69, 9.17) is 5.73 Å². The van der Waals surface area contributed by atoms with Crippen molar-refractivity contribution in [2.45, 2.75) is 38.8 Å². The number of carbonyl (C=O) groups is 1. The topological polar surface area (TPSA) is 74.5 Å². The molecule has 6 heteroatoms. The average Bonchev–Trinajstić information content (AvgIpc) is 2.54. The molecule has 23 heavy (non-hydrogen) atoms. The Kier molecular flexibility index (Phi) is 5.96. The summed E-state index contributed by atoms with van der Waals surface area (Å²) in [5, 5.41) is 2.90. The second-order valence-corrected chi connectivity index (χ2v) is 6.67. The lowest BCUT2D eigenvalue weighted by Gasteiger charge is -2.33. The molecule has 0 radical (unpaired) electrons. The summed E-state index contributed by atoms with van der Waals surface area (Å²) in [6, 6.07) is 4.05. The molecule has 1 unspecified atom stereocenters. The van der Waals surface area contributed by atoms with Crippen LogP contribution in [0.5, 0.6) is 0 Å². The Bertz CT molecular complexity index is 506. The molecule has 6 nitrogen and oxygen atoms in total. The first-order valence-corrected chi connectivity index (χ1v) is 8.38. The van der Waals surface area contributed by atoms with Gasteiger partial charge in [0.25, 0.3) is 0 Å². The van der Waals surface area contributed by atoms with Crippen molar-refractivity contribution in [1.82, 2.24) is 15.2 Å². The Labute approximate surface area is 139 Å². The minimum Gasteiger partial charge on any atom is -0.354 e. The molecule has 1 atom stereocenters. The van der Waals surface area contributed by atoms with Crippen molar-refractivity contribution in [3.8, 4) is 0 Å². The summed E-state index contributed by atoms with van der Waals surface area (Å²) in [5.41, 5.74) is 6.22. The van der Waals surface area contributed by atoms with Crippen LogP contribution in [0.15, 0.2) is 18.3 Å². The quantitative estimate of drug-likeness (QED) is 0.817. The van der Waals surface area contributed by atoms with Crippen molar-refractivity contribution < 1.29 is 4.79 Å². The summed E-state index contributed by atoms with van der Waals surface area (Å²) >= 11 is 0. The second kappa shape index (κ2) is 7.75. The minimum atomic E-state index is -0.804. The minimum absolute atomic E-state index is 0.109. The number of likely N-dealkylation sites (N-methyl/N-ethyl adjacent to an activating group) is 1. The summed E-state index contributed by atoms with van der Waals surface area (Å²) < 4.78 is 0. The SMILES string of the molecule is CCCC(C)(N)C(=O)NCc1ccc(N2CCN(C)CC2)nc1. The predicted octanol–water partition coefficient (Wildman–Crippen LogP) is 0.967. The van der Waals surface area contributed by atoms with Gasteiger partial charge in [0.05, 0.1) is 5.54 Å². The summed E-state index contributed by atoms with van der Waals surface area (Å²) in [4.78, 5) is 21.2. The molecule has 0 aliphatic carbocycles. The molecule has 1 saturated heterocycles. The molecular weight excluding hydrogens is 290 g/mol. The number of amides is 1. The Morgan fingerprint density at radius 3 is 2.61 bits per heavy atom.